The third-order valence-electron chi connectivity index (χ3n) is 2.11. The van der Waals surface area contributed by atoms with E-state index < -0.39 is 17.6 Å². The van der Waals surface area contributed by atoms with E-state index in [1.807, 2.05) is 0 Å². The van der Waals surface area contributed by atoms with Crippen molar-refractivity contribution < 1.29 is 9.90 Å². The highest BCUT2D eigenvalue weighted by Gasteiger charge is 2.43. The van der Waals surface area contributed by atoms with E-state index in [1.54, 1.807) is 0 Å². The lowest BCUT2D eigenvalue weighted by atomic mass is 9.98. The standard InChI is InChI=1S/C6H12N2O2/c7-4-2-1-3-6(4,10)5(8)9/h4,10H,1-3,7H2,(H2,8,9)/t4-,6-/m0/s1. The Balaban J connectivity index is 2.75. The quantitative estimate of drug-likeness (QED) is 0.428. The molecule has 10 heavy (non-hydrogen) atoms. The Kier molecular flexibility index (Phi) is 1.66. The molecule has 1 rings (SSSR count). The molecule has 4 nitrogen and oxygen atoms in total. The minimum Gasteiger partial charge on any atom is -0.378 e. The van der Waals surface area contributed by atoms with E-state index in [-0.39, 0.29) is 0 Å². The van der Waals surface area contributed by atoms with Gasteiger partial charge >= 0.3 is 0 Å². The van der Waals surface area contributed by atoms with Gasteiger partial charge in [-0.2, -0.15) is 0 Å². The number of rotatable bonds is 1. The summed E-state index contributed by atoms with van der Waals surface area (Å²) in [5.41, 5.74) is 8.99. The first-order valence-corrected chi connectivity index (χ1v) is 3.35. The van der Waals surface area contributed by atoms with Crippen molar-refractivity contribution in [2.45, 2.75) is 30.9 Å². The Morgan fingerprint density at radius 1 is 1.70 bits per heavy atom. The van der Waals surface area contributed by atoms with E-state index in [2.05, 4.69) is 0 Å². The van der Waals surface area contributed by atoms with Crippen molar-refractivity contribution in [2.24, 2.45) is 11.5 Å². The van der Waals surface area contributed by atoms with Crippen molar-refractivity contribution in [1.82, 2.24) is 0 Å². The van der Waals surface area contributed by atoms with Crippen LogP contribution in [0.15, 0.2) is 0 Å². The second-order valence-corrected chi connectivity index (χ2v) is 2.79. The first-order chi connectivity index (χ1) is 4.57. The van der Waals surface area contributed by atoms with Crippen LogP contribution in [0.25, 0.3) is 0 Å². The molecular formula is C6H12N2O2. The topological polar surface area (TPSA) is 89.3 Å². The molecule has 0 radical (unpaired) electrons. The summed E-state index contributed by atoms with van der Waals surface area (Å²) >= 11 is 0. The van der Waals surface area contributed by atoms with Crippen molar-refractivity contribution in [3.63, 3.8) is 0 Å². The maximum absolute atomic E-state index is 10.6. The van der Waals surface area contributed by atoms with Gasteiger partial charge in [0, 0.05) is 6.04 Å². The molecule has 0 aliphatic heterocycles. The Bertz CT molecular complexity index is 160. The number of carbonyl (C=O) groups is 1. The van der Waals surface area contributed by atoms with E-state index in [0.717, 1.165) is 6.42 Å². The van der Waals surface area contributed by atoms with Gasteiger partial charge in [-0.3, -0.25) is 4.79 Å². The second-order valence-electron chi connectivity index (χ2n) is 2.79. The summed E-state index contributed by atoms with van der Waals surface area (Å²) in [6, 6.07) is -0.468. The van der Waals surface area contributed by atoms with E-state index >= 15 is 0 Å². The molecule has 1 aliphatic rings. The van der Waals surface area contributed by atoms with Gasteiger partial charge in [-0.1, -0.05) is 0 Å². The smallest absolute Gasteiger partial charge is 0.251 e. The van der Waals surface area contributed by atoms with Crippen LogP contribution < -0.4 is 11.5 Å². The molecule has 0 unspecified atom stereocenters. The Morgan fingerprint density at radius 3 is 2.50 bits per heavy atom. The molecule has 0 aromatic carbocycles. The van der Waals surface area contributed by atoms with Gasteiger partial charge in [-0.15, -0.1) is 0 Å². The molecule has 0 aromatic heterocycles. The zero-order valence-electron chi connectivity index (χ0n) is 5.71. The molecule has 1 fully saturated rings. The Labute approximate surface area is 59.2 Å². The highest BCUT2D eigenvalue weighted by Crippen LogP contribution is 2.27. The highest BCUT2D eigenvalue weighted by atomic mass is 16.3. The number of hydrogen-bond acceptors (Lipinski definition) is 3. The normalized spacial score (nSPS) is 40.0. The molecule has 4 heteroatoms. The maximum atomic E-state index is 10.6. The molecule has 0 spiro atoms. The summed E-state index contributed by atoms with van der Waals surface area (Å²) in [4.78, 5) is 10.6. The summed E-state index contributed by atoms with van der Waals surface area (Å²) < 4.78 is 0. The summed E-state index contributed by atoms with van der Waals surface area (Å²) in [5.74, 6) is -0.697. The van der Waals surface area contributed by atoms with Gasteiger partial charge in [-0.05, 0) is 19.3 Å². The average molecular weight is 144 g/mol. The van der Waals surface area contributed by atoms with Crippen molar-refractivity contribution in [3.05, 3.63) is 0 Å². The van der Waals surface area contributed by atoms with Crippen LogP contribution >= 0.6 is 0 Å². The number of primary amides is 1. The second kappa shape index (κ2) is 2.21. The van der Waals surface area contributed by atoms with Crippen LogP contribution in [0.1, 0.15) is 19.3 Å². The minimum absolute atomic E-state index is 0.406. The number of hydrogen-bond donors (Lipinski definition) is 3. The SMILES string of the molecule is NC(=O)[C@]1(O)CCC[C@@H]1N. The molecule has 5 N–H and O–H groups in total. The molecule has 1 amide bonds. The van der Waals surface area contributed by atoms with E-state index in [1.165, 1.54) is 0 Å². The van der Waals surface area contributed by atoms with Crippen LogP contribution in [0.5, 0.6) is 0 Å². The molecule has 0 bridgehead atoms. The first kappa shape index (κ1) is 7.50. The van der Waals surface area contributed by atoms with E-state index in [0.29, 0.717) is 12.8 Å². The zero-order chi connectivity index (χ0) is 7.78. The largest absolute Gasteiger partial charge is 0.378 e. The van der Waals surface area contributed by atoms with Crippen molar-refractivity contribution in [2.75, 3.05) is 0 Å². The summed E-state index contributed by atoms with van der Waals surface area (Å²) in [5, 5.41) is 9.44. The zero-order valence-corrected chi connectivity index (χ0v) is 5.71. The highest BCUT2D eigenvalue weighted by molar-refractivity contribution is 5.84. The summed E-state index contributed by atoms with van der Waals surface area (Å²) in [6.45, 7) is 0. The Morgan fingerprint density at radius 2 is 2.30 bits per heavy atom. The first-order valence-electron chi connectivity index (χ1n) is 3.35. The maximum Gasteiger partial charge on any atom is 0.251 e. The fraction of sp³-hybridized carbons (Fsp3) is 0.833. The minimum atomic E-state index is -1.43. The predicted octanol–water partition coefficient (Wildman–Crippen LogP) is -1.29. The molecular weight excluding hydrogens is 132 g/mol. The molecule has 1 saturated carbocycles. The van der Waals surface area contributed by atoms with Gasteiger partial charge < -0.3 is 16.6 Å². The molecule has 0 saturated heterocycles. The monoisotopic (exact) mass is 144 g/mol. The van der Waals surface area contributed by atoms with Crippen LogP contribution in [0, 0.1) is 0 Å². The van der Waals surface area contributed by atoms with E-state index in [9.17, 15) is 9.90 Å². The lowest BCUT2D eigenvalue weighted by molar-refractivity contribution is -0.136. The van der Waals surface area contributed by atoms with Crippen LogP contribution in [0.4, 0.5) is 0 Å². The number of amides is 1. The van der Waals surface area contributed by atoms with Gasteiger partial charge in [-0.25, -0.2) is 0 Å². The van der Waals surface area contributed by atoms with Crippen LogP contribution in [-0.2, 0) is 4.79 Å². The lowest BCUT2D eigenvalue weighted by Gasteiger charge is -2.22. The third-order valence-corrected chi connectivity index (χ3v) is 2.11. The van der Waals surface area contributed by atoms with Gasteiger partial charge in [0.2, 0.25) is 0 Å². The van der Waals surface area contributed by atoms with Crippen molar-refractivity contribution in [3.8, 4) is 0 Å². The molecule has 2 atom stereocenters. The average Bonchev–Trinajstić information content (AvgIpc) is 2.15. The summed E-state index contributed by atoms with van der Waals surface area (Å²) in [6.07, 6.45) is 1.86. The number of carbonyl (C=O) groups excluding carboxylic acids is 1. The molecule has 0 heterocycles. The van der Waals surface area contributed by atoms with Gasteiger partial charge in [0.1, 0.15) is 0 Å². The molecule has 0 aromatic rings. The Hall–Kier alpha value is -0.610. The molecule has 58 valence electrons. The fourth-order valence-electron chi connectivity index (χ4n) is 1.32. The van der Waals surface area contributed by atoms with Gasteiger partial charge in [0.15, 0.2) is 5.60 Å². The van der Waals surface area contributed by atoms with Crippen LogP contribution in [0.2, 0.25) is 0 Å². The lowest BCUT2D eigenvalue weighted by Crippen LogP contribution is -2.53. The van der Waals surface area contributed by atoms with Crippen molar-refractivity contribution >= 4 is 5.91 Å². The van der Waals surface area contributed by atoms with E-state index in [4.69, 9.17) is 11.5 Å². The van der Waals surface area contributed by atoms with Gasteiger partial charge in [0.05, 0.1) is 0 Å². The van der Waals surface area contributed by atoms with Crippen LogP contribution in [0.3, 0.4) is 0 Å². The predicted molar refractivity (Wildman–Crippen MR) is 36.0 cm³/mol. The molecule has 1 aliphatic carbocycles. The van der Waals surface area contributed by atoms with Crippen LogP contribution in [-0.4, -0.2) is 22.7 Å². The van der Waals surface area contributed by atoms with Crippen molar-refractivity contribution in [1.29, 1.82) is 0 Å². The summed E-state index contributed by atoms with van der Waals surface area (Å²) in [7, 11) is 0. The third kappa shape index (κ3) is 0.892. The number of nitrogens with two attached hydrogens (primary N) is 2. The number of aliphatic hydroxyl groups is 1. The van der Waals surface area contributed by atoms with Gasteiger partial charge in [0.25, 0.3) is 5.91 Å². The fourth-order valence-corrected chi connectivity index (χ4v) is 1.32.